The number of amides is 2. The van der Waals surface area contributed by atoms with Crippen LogP contribution in [0.5, 0.6) is 0 Å². The highest BCUT2D eigenvalue weighted by molar-refractivity contribution is 6.30. The van der Waals surface area contributed by atoms with Gasteiger partial charge in [-0.2, -0.15) is 0 Å². The second kappa shape index (κ2) is 11.8. The van der Waals surface area contributed by atoms with Crippen molar-refractivity contribution in [1.29, 1.82) is 10.8 Å². The van der Waals surface area contributed by atoms with Crippen molar-refractivity contribution in [1.82, 2.24) is 15.2 Å². The maximum absolute atomic E-state index is 12.5. The molecule has 42 heavy (non-hydrogen) atoms. The molecule has 0 aliphatic carbocycles. The fourth-order valence-corrected chi connectivity index (χ4v) is 5.54. The van der Waals surface area contributed by atoms with Crippen LogP contribution in [0.25, 0.3) is 0 Å². The number of aromatic nitrogens is 1. The number of carbonyl (C=O) groups is 1. The van der Waals surface area contributed by atoms with Crippen molar-refractivity contribution in [3.05, 3.63) is 113 Å². The van der Waals surface area contributed by atoms with Crippen LogP contribution in [0.4, 0.5) is 27.7 Å². The fraction of sp³-hybridized carbons (Fsp3) is 0.212. The Labute approximate surface area is 245 Å². The van der Waals surface area contributed by atoms with Crippen LogP contribution < -0.4 is 20.9 Å². The lowest BCUT2D eigenvalue weighted by Gasteiger charge is -2.32. The molecule has 3 heterocycles. The van der Waals surface area contributed by atoms with Gasteiger partial charge in [0, 0.05) is 48.7 Å². The minimum absolute atomic E-state index is 0.148. The first-order valence-corrected chi connectivity index (χ1v) is 14.2. The molecule has 1 aromatic heterocycles. The number of carbonyl (C=O) groups excluding carboxylic acids is 1. The third-order valence-electron chi connectivity index (χ3n) is 7.74. The molecule has 2 aliphatic rings. The van der Waals surface area contributed by atoms with E-state index >= 15 is 0 Å². The molecule has 0 bridgehead atoms. The summed E-state index contributed by atoms with van der Waals surface area (Å²) >= 11 is 0. The highest BCUT2D eigenvalue weighted by atomic mass is 16.2. The lowest BCUT2D eigenvalue weighted by molar-refractivity contribution is 0.190. The average Bonchev–Trinajstić information content (AvgIpc) is 3.12. The summed E-state index contributed by atoms with van der Waals surface area (Å²) in [6, 6.07) is 27.1. The fourth-order valence-electron chi connectivity index (χ4n) is 5.54. The Bertz CT molecular complexity index is 1630. The monoisotopic (exact) mass is 558 g/mol. The highest BCUT2D eigenvalue weighted by Crippen LogP contribution is 2.34. The molecule has 0 unspecified atom stereocenters. The average molecular weight is 559 g/mol. The molecule has 9 nitrogen and oxygen atoms in total. The number of nitrogens with one attached hydrogen (secondary N) is 5. The van der Waals surface area contributed by atoms with Gasteiger partial charge < -0.3 is 16.0 Å². The number of pyridine rings is 1. The van der Waals surface area contributed by atoms with Crippen molar-refractivity contribution in [2.45, 2.75) is 32.4 Å². The van der Waals surface area contributed by atoms with E-state index in [-0.39, 0.29) is 23.7 Å². The molecule has 0 radical (unpaired) electrons. The Hall–Kier alpha value is -5.02. The minimum atomic E-state index is -0.160. The van der Waals surface area contributed by atoms with Crippen LogP contribution in [0.3, 0.4) is 0 Å². The van der Waals surface area contributed by atoms with Crippen molar-refractivity contribution in [3.63, 3.8) is 0 Å². The number of benzene rings is 3. The van der Waals surface area contributed by atoms with Crippen molar-refractivity contribution in [2.24, 2.45) is 0 Å². The summed E-state index contributed by atoms with van der Waals surface area (Å²) in [5.41, 5.74) is 5.96. The third kappa shape index (κ3) is 5.87. The minimum Gasteiger partial charge on any atom is -0.338 e. The van der Waals surface area contributed by atoms with Gasteiger partial charge in [-0.05, 0) is 67.3 Å². The zero-order chi connectivity index (χ0) is 29.1. The Morgan fingerprint density at radius 1 is 1.00 bits per heavy atom. The molecular formula is C33H34N8O. The molecule has 0 saturated carbocycles. The Morgan fingerprint density at radius 2 is 1.79 bits per heavy atom. The van der Waals surface area contributed by atoms with Crippen molar-refractivity contribution in [2.75, 3.05) is 28.6 Å². The van der Waals surface area contributed by atoms with Gasteiger partial charge in [-0.1, -0.05) is 48.5 Å². The van der Waals surface area contributed by atoms with Crippen LogP contribution in [0.1, 0.15) is 35.1 Å². The molecule has 0 atom stereocenters. The molecule has 2 amide bonds. The van der Waals surface area contributed by atoms with Crippen LogP contribution in [0.2, 0.25) is 0 Å². The van der Waals surface area contributed by atoms with Crippen LogP contribution in [-0.2, 0) is 6.54 Å². The number of hydrogen-bond donors (Lipinski definition) is 5. The number of urea groups is 1. The second-order valence-corrected chi connectivity index (χ2v) is 10.8. The van der Waals surface area contributed by atoms with E-state index in [4.69, 9.17) is 10.8 Å². The van der Waals surface area contributed by atoms with E-state index in [1.165, 1.54) is 0 Å². The Kier molecular flexibility index (Phi) is 7.66. The van der Waals surface area contributed by atoms with Crippen LogP contribution >= 0.6 is 0 Å². The molecule has 1 saturated heterocycles. The Morgan fingerprint density at radius 3 is 2.57 bits per heavy atom. The van der Waals surface area contributed by atoms with Gasteiger partial charge >= 0.3 is 6.03 Å². The number of nitrogens with zero attached hydrogens (tertiary/aromatic N) is 3. The summed E-state index contributed by atoms with van der Waals surface area (Å²) in [6.07, 6.45) is 3.49. The van der Waals surface area contributed by atoms with Gasteiger partial charge in [0.25, 0.3) is 0 Å². The number of piperidine rings is 1. The number of para-hydroxylation sites is 1. The lowest BCUT2D eigenvalue weighted by Crippen LogP contribution is -2.45. The second-order valence-electron chi connectivity index (χ2n) is 10.8. The first kappa shape index (κ1) is 27.2. The summed E-state index contributed by atoms with van der Waals surface area (Å²) in [5.74, 6) is 1.05. The smallest absolute Gasteiger partial charge is 0.319 e. The van der Waals surface area contributed by atoms with Gasteiger partial charge in [0.2, 0.25) is 0 Å². The Balaban J connectivity index is 1.07. The normalized spacial score (nSPS) is 15.2. The SMILES string of the molecule is Cc1cccc(NC(=O)NC2CCN(Cc3ccc(C(=N)N4C(=N)c5ccccc5Nc5ncccc54)cc3)CC2)c1. The predicted molar refractivity (Wildman–Crippen MR) is 168 cm³/mol. The largest absolute Gasteiger partial charge is 0.338 e. The number of fused-ring (bicyclic) bond motifs is 2. The predicted octanol–water partition coefficient (Wildman–Crippen LogP) is 6.09. The topological polar surface area (TPSA) is 120 Å². The van der Waals surface area contributed by atoms with Crippen molar-refractivity contribution >= 4 is 40.6 Å². The maximum Gasteiger partial charge on any atom is 0.319 e. The van der Waals surface area contributed by atoms with Gasteiger partial charge in [-0.15, -0.1) is 0 Å². The first-order valence-electron chi connectivity index (χ1n) is 14.2. The quantitative estimate of drug-likeness (QED) is 0.150. The van der Waals surface area contributed by atoms with Gasteiger partial charge in [-0.25, -0.2) is 9.78 Å². The molecule has 2 aliphatic heterocycles. The van der Waals surface area contributed by atoms with Gasteiger partial charge in [0.05, 0.1) is 11.4 Å². The molecule has 3 aromatic carbocycles. The maximum atomic E-state index is 12.5. The molecule has 4 aromatic rings. The molecule has 1 fully saturated rings. The molecule has 9 heteroatoms. The van der Waals surface area contributed by atoms with E-state index in [9.17, 15) is 4.79 Å². The van der Waals surface area contributed by atoms with E-state index in [1.54, 1.807) is 11.1 Å². The van der Waals surface area contributed by atoms with E-state index in [0.717, 1.165) is 60.5 Å². The molecular weight excluding hydrogens is 524 g/mol. The highest BCUT2D eigenvalue weighted by Gasteiger charge is 2.28. The van der Waals surface area contributed by atoms with Gasteiger partial charge in [-0.3, -0.25) is 20.6 Å². The zero-order valence-corrected chi connectivity index (χ0v) is 23.5. The van der Waals surface area contributed by atoms with Crippen molar-refractivity contribution in [3.8, 4) is 0 Å². The summed E-state index contributed by atoms with van der Waals surface area (Å²) in [4.78, 5) is 21.0. The third-order valence-corrected chi connectivity index (χ3v) is 7.74. The zero-order valence-electron chi connectivity index (χ0n) is 23.5. The summed E-state index contributed by atoms with van der Waals surface area (Å²) < 4.78 is 0. The van der Waals surface area contributed by atoms with E-state index < -0.39 is 0 Å². The standard InChI is InChI=1S/C33H34N8O/c1-22-6-4-7-26(20-22)38-33(42)37-25-15-18-40(19-16-25)21-23-11-13-24(14-12-23)30(34)41-29-10-5-17-36-32(29)39-28-9-3-2-8-27(28)31(41)35/h2-14,17,20,25,34-35H,15-16,18-19,21H2,1H3,(H,36,39)(H2,37,38,42). The molecule has 0 spiro atoms. The van der Waals surface area contributed by atoms with Gasteiger partial charge in [0.15, 0.2) is 5.82 Å². The summed E-state index contributed by atoms with van der Waals surface area (Å²) in [6.45, 7) is 4.60. The number of aryl methyl sites for hydroxylation is 1. The molecule has 212 valence electrons. The molecule has 5 N–H and O–H groups in total. The number of hydrogen-bond acceptors (Lipinski definition) is 6. The number of likely N-dealkylation sites (tertiary alicyclic amines) is 1. The van der Waals surface area contributed by atoms with Crippen LogP contribution in [0.15, 0.2) is 91.1 Å². The summed E-state index contributed by atoms with van der Waals surface area (Å²) in [5, 5.41) is 27.5. The number of anilines is 4. The van der Waals surface area contributed by atoms with E-state index in [0.29, 0.717) is 17.1 Å². The van der Waals surface area contributed by atoms with Crippen LogP contribution in [-0.4, -0.2) is 46.7 Å². The van der Waals surface area contributed by atoms with Crippen molar-refractivity contribution < 1.29 is 4.79 Å². The van der Waals surface area contributed by atoms with Gasteiger partial charge in [0.1, 0.15) is 11.7 Å². The van der Waals surface area contributed by atoms with E-state index in [1.807, 2.05) is 79.7 Å². The number of rotatable bonds is 5. The van der Waals surface area contributed by atoms with Crippen LogP contribution in [0, 0.1) is 17.7 Å². The lowest BCUT2D eigenvalue weighted by atomic mass is 10.0. The van der Waals surface area contributed by atoms with E-state index in [2.05, 4.69) is 38.0 Å². The first-order chi connectivity index (χ1) is 20.4. The summed E-state index contributed by atoms with van der Waals surface area (Å²) in [7, 11) is 0. The molecule has 6 rings (SSSR count). The number of amidine groups is 2.